The first-order chi connectivity index (χ1) is 9.40. The summed E-state index contributed by atoms with van der Waals surface area (Å²) in [4.78, 5) is 22.8. The van der Waals surface area contributed by atoms with Gasteiger partial charge in [-0.1, -0.05) is 18.2 Å². The summed E-state index contributed by atoms with van der Waals surface area (Å²) in [5.74, 6) is -1.31. The van der Waals surface area contributed by atoms with Crippen LogP contribution in [-0.2, 0) is 16.1 Å². The van der Waals surface area contributed by atoms with Crippen LogP contribution >= 0.6 is 0 Å². The SMILES string of the molecule is CC(C)(NC(=O)CCn1ccc2ccccc21)C(=O)O. The monoisotopic (exact) mass is 274 g/mol. The normalized spacial score (nSPS) is 11.5. The van der Waals surface area contributed by atoms with Crippen LogP contribution in [0.3, 0.4) is 0 Å². The van der Waals surface area contributed by atoms with Gasteiger partial charge in [0.1, 0.15) is 5.54 Å². The van der Waals surface area contributed by atoms with Crippen molar-refractivity contribution in [2.45, 2.75) is 32.4 Å². The Morgan fingerprint density at radius 2 is 1.95 bits per heavy atom. The Bertz CT molecular complexity index is 643. The number of aromatic nitrogens is 1. The molecule has 0 spiro atoms. The third kappa shape index (κ3) is 2.99. The van der Waals surface area contributed by atoms with Crippen LogP contribution < -0.4 is 5.32 Å². The molecule has 106 valence electrons. The molecule has 1 aromatic heterocycles. The fourth-order valence-corrected chi connectivity index (χ4v) is 2.02. The number of nitrogens with zero attached hydrogens (tertiary/aromatic N) is 1. The smallest absolute Gasteiger partial charge is 0.328 e. The molecule has 0 fully saturated rings. The van der Waals surface area contributed by atoms with Crippen LogP contribution in [0.5, 0.6) is 0 Å². The van der Waals surface area contributed by atoms with Crippen molar-refractivity contribution in [2.24, 2.45) is 0 Å². The number of amides is 1. The molecule has 0 saturated heterocycles. The average molecular weight is 274 g/mol. The summed E-state index contributed by atoms with van der Waals surface area (Å²) in [5.41, 5.74) is -0.173. The minimum Gasteiger partial charge on any atom is -0.480 e. The lowest BCUT2D eigenvalue weighted by atomic mass is 10.1. The number of hydrogen-bond acceptors (Lipinski definition) is 2. The summed E-state index contributed by atoms with van der Waals surface area (Å²) in [6.45, 7) is 3.46. The van der Waals surface area contributed by atoms with Gasteiger partial charge in [0, 0.05) is 24.7 Å². The topological polar surface area (TPSA) is 71.3 Å². The van der Waals surface area contributed by atoms with Crippen LogP contribution in [0.4, 0.5) is 0 Å². The number of carboxylic acids is 1. The summed E-state index contributed by atoms with van der Waals surface area (Å²) in [7, 11) is 0. The van der Waals surface area contributed by atoms with E-state index in [1.807, 2.05) is 41.1 Å². The number of fused-ring (bicyclic) bond motifs is 1. The Morgan fingerprint density at radius 3 is 2.65 bits per heavy atom. The number of aliphatic carboxylic acids is 1. The number of rotatable bonds is 5. The molecule has 0 atom stereocenters. The molecule has 0 radical (unpaired) electrons. The lowest BCUT2D eigenvalue weighted by molar-refractivity contribution is -0.146. The Kier molecular flexibility index (Phi) is 3.79. The van der Waals surface area contributed by atoms with E-state index < -0.39 is 11.5 Å². The maximum absolute atomic E-state index is 11.8. The largest absolute Gasteiger partial charge is 0.480 e. The molecule has 0 unspecified atom stereocenters. The zero-order valence-electron chi connectivity index (χ0n) is 11.6. The molecular weight excluding hydrogens is 256 g/mol. The van der Waals surface area contributed by atoms with E-state index in [9.17, 15) is 9.59 Å². The third-order valence-corrected chi connectivity index (χ3v) is 3.25. The van der Waals surface area contributed by atoms with Crippen molar-refractivity contribution in [3.05, 3.63) is 36.5 Å². The molecule has 2 N–H and O–H groups in total. The van der Waals surface area contributed by atoms with E-state index in [1.54, 1.807) is 0 Å². The van der Waals surface area contributed by atoms with Crippen molar-refractivity contribution in [2.75, 3.05) is 0 Å². The summed E-state index contributed by atoms with van der Waals surface area (Å²) in [6, 6.07) is 9.92. The van der Waals surface area contributed by atoms with E-state index in [-0.39, 0.29) is 12.3 Å². The van der Waals surface area contributed by atoms with Crippen molar-refractivity contribution in [3.8, 4) is 0 Å². The highest BCUT2D eigenvalue weighted by atomic mass is 16.4. The Morgan fingerprint density at radius 1 is 1.25 bits per heavy atom. The van der Waals surface area contributed by atoms with Gasteiger partial charge in [0.15, 0.2) is 0 Å². The van der Waals surface area contributed by atoms with Gasteiger partial charge in [0.25, 0.3) is 0 Å². The van der Waals surface area contributed by atoms with Crippen LogP contribution in [0, 0.1) is 0 Å². The molecule has 0 bridgehead atoms. The number of nitrogens with one attached hydrogen (secondary N) is 1. The molecule has 1 amide bonds. The van der Waals surface area contributed by atoms with E-state index in [4.69, 9.17) is 5.11 Å². The number of aryl methyl sites for hydroxylation is 1. The zero-order chi connectivity index (χ0) is 14.8. The molecule has 0 aliphatic heterocycles. The molecule has 2 aromatic rings. The number of benzene rings is 1. The van der Waals surface area contributed by atoms with Gasteiger partial charge in [-0.3, -0.25) is 4.79 Å². The van der Waals surface area contributed by atoms with Crippen molar-refractivity contribution in [1.82, 2.24) is 9.88 Å². The highest BCUT2D eigenvalue weighted by Crippen LogP contribution is 2.15. The van der Waals surface area contributed by atoms with E-state index in [1.165, 1.54) is 13.8 Å². The predicted molar refractivity (Wildman–Crippen MR) is 76.4 cm³/mol. The van der Waals surface area contributed by atoms with E-state index in [0.717, 1.165) is 10.9 Å². The number of carboxylic acid groups (broad SMARTS) is 1. The summed E-state index contributed by atoms with van der Waals surface area (Å²) in [5, 5.41) is 12.6. The van der Waals surface area contributed by atoms with Gasteiger partial charge >= 0.3 is 5.97 Å². The fraction of sp³-hybridized carbons (Fsp3) is 0.333. The molecule has 0 aliphatic rings. The highest BCUT2D eigenvalue weighted by Gasteiger charge is 2.28. The molecule has 1 aromatic carbocycles. The van der Waals surface area contributed by atoms with Crippen molar-refractivity contribution < 1.29 is 14.7 Å². The average Bonchev–Trinajstić information content (AvgIpc) is 2.79. The quantitative estimate of drug-likeness (QED) is 0.876. The lowest BCUT2D eigenvalue weighted by Crippen LogP contribution is -2.49. The van der Waals surface area contributed by atoms with Gasteiger partial charge in [-0.15, -0.1) is 0 Å². The number of carbonyl (C=O) groups excluding carboxylic acids is 1. The molecule has 0 saturated carbocycles. The van der Waals surface area contributed by atoms with Crippen molar-refractivity contribution in [1.29, 1.82) is 0 Å². The van der Waals surface area contributed by atoms with E-state index >= 15 is 0 Å². The first-order valence-corrected chi connectivity index (χ1v) is 6.48. The van der Waals surface area contributed by atoms with E-state index in [0.29, 0.717) is 6.54 Å². The minimum atomic E-state index is -1.24. The van der Waals surface area contributed by atoms with E-state index in [2.05, 4.69) is 5.32 Å². The molecule has 5 heteroatoms. The summed E-state index contributed by atoms with van der Waals surface area (Å²) < 4.78 is 1.99. The Balaban J connectivity index is 1.99. The second-order valence-corrected chi connectivity index (χ2v) is 5.30. The first-order valence-electron chi connectivity index (χ1n) is 6.48. The lowest BCUT2D eigenvalue weighted by Gasteiger charge is -2.21. The van der Waals surface area contributed by atoms with Gasteiger partial charge in [-0.2, -0.15) is 0 Å². The van der Waals surface area contributed by atoms with Crippen molar-refractivity contribution >= 4 is 22.8 Å². The minimum absolute atomic E-state index is 0.245. The molecule has 5 nitrogen and oxygen atoms in total. The Labute approximate surface area is 117 Å². The second kappa shape index (κ2) is 5.36. The fourth-order valence-electron chi connectivity index (χ4n) is 2.02. The first kappa shape index (κ1) is 14.1. The molecule has 1 heterocycles. The number of hydrogen-bond donors (Lipinski definition) is 2. The molecule has 20 heavy (non-hydrogen) atoms. The maximum Gasteiger partial charge on any atom is 0.328 e. The predicted octanol–water partition coefficient (Wildman–Crippen LogP) is 2.01. The van der Waals surface area contributed by atoms with Gasteiger partial charge in [0.2, 0.25) is 5.91 Å². The second-order valence-electron chi connectivity index (χ2n) is 5.30. The Hall–Kier alpha value is -2.30. The molecule has 2 rings (SSSR count). The summed E-state index contributed by atoms with van der Waals surface area (Å²) in [6.07, 6.45) is 2.18. The number of para-hydroxylation sites is 1. The van der Waals surface area contributed by atoms with Gasteiger partial charge in [0.05, 0.1) is 0 Å². The summed E-state index contributed by atoms with van der Waals surface area (Å²) >= 11 is 0. The standard InChI is InChI=1S/C15H18N2O3/c1-15(2,14(19)20)16-13(18)8-10-17-9-7-11-5-3-4-6-12(11)17/h3-7,9H,8,10H2,1-2H3,(H,16,18)(H,19,20). The highest BCUT2D eigenvalue weighted by molar-refractivity contribution is 5.86. The van der Waals surface area contributed by atoms with Crippen LogP contribution in [0.15, 0.2) is 36.5 Å². The van der Waals surface area contributed by atoms with Crippen LogP contribution in [0.2, 0.25) is 0 Å². The van der Waals surface area contributed by atoms with Gasteiger partial charge in [-0.05, 0) is 31.4 Å². The van der Waals surface area contributed by atoms with Crippen molar-refractivity contribution in [3.63, 3.8) is 0 Å². The van der Waals surface area contributed by atoms with Gasteiger partial charge in [-0.25, -0.2) is 4.79 Å². The molecule has 0 aliphatic carbocycles. The van der Waals surface area contributed by atoms with Gasteiger partial charge < -0.3 is 15.0 Å². The third-order valence-electron chi connectivity index (χ3n) is 3.25. The van der Waals surface area contributed by atoms with Crippen LogP contribution in [0.1, 0.15) is 20.3 Å². The molecular formula is C15H18N2O3. The van der Waals surface area contributed by atoms with Crippen LogP contribution in [-0.4, -0.2) is 27.1 Å². The number of carbonyl (C=O) groups is 2. The zero-order valence-corrected chi connectivity index (χ0v) is 11.6. The van der Waals surface area contributed by atoms with Crippen LogP contribution in [0.25, 0.3) is 10.9 Å². The maximum atomic E-state index is 11.8.